The van der Waals surface area contributed by atoms with Crippen molar-refractivity contribution in [3.05, 3.63) is 133 Å². The number of aromatic nitrogens is 2. The van der Waals surface area contributed by atoms with Crippen LogP contribution in [0.3, 0.4) is 0 Å². The van der Waals surface area contributed by atoms with E-state index in [1.165, 1.54) is 48.1 Å². The highest BCUT2D eigenvalue weighted by molar-refractivity contribution is 7.22. The quantitative estimate of drug-likeness (QED) is 0.208. The van der Waals surface area contributed by atoms with Crippen LogP contribution in [0.15, 0.2) is 138 Å². The molecule has 7 aromatic carbocycles. The van der Waals surface area contributed by atoms with E-state index in [0.717, 1.165) is 43.7 Å². The summed E-state index contributed by atoms with van der Waals surface area (Å²) in [7, 11) is 0. The van der Waals surface area contributed by atoms with Crippen molar-refractivity contribution < 1.29 is 4.42 Å². The minimum Gasteiger partial charge on any atom is -0.456 e. The fourth-order valence-corrected chi connectivity index (χ4v) is 7.86. The Bertz CT molecular complexity index is 2630. The van der Waals surface area contributed by atoms with Gasteiger partial charge in [0.15, 0.2) is 0 Å². The maximum absolute atomic E-state index is 6.13. The Morgan fingerprint density at radius 3 is 1.81 bits per heavy atom. The molecule has 0 saturated heterocycles. The van der Waals surface area contributed by atoms with Crippen molar-refractivity contribution in [1.29, 1.82) is 0 Å². The molecule has 0 amide bonds. The van der Waals surface area contributed by atoms with Gasteiger partial charge in [-0.15, -0.1) is 11.3 Å². The van der Waals surface area contributed by atoms with E-state index in [2.05, 4.69) is 120 Å². The summed E-state index contributed by atoms with van der Waals surface area (Å²) in [5.74, 6) is 0. The molecule has 0 aliphatic rings. The Hall–Kier alpha value is -5.45. The number of para-hydroxylation sites is 1. The number of rotatable bonds is 2. The minimum absolute atomic E-state index is 0.908. The van der Waals surface area contributed by atoms with E-state index in [4.69, 9.17) is 9.40 Å². The lowest BCUT2D eigenvalue weighted by atomic mass is 10.0. The van der Waals surface area contributed by atoms with Crippen molar-refractivity contribution in [2.45, 2.75) is 0 Å². The van der Waals surface area contributed by atoms with Crippen molar-refractivity contribution >= 4 is 86.8 Å². The van der Waals surface area contributed by atoms with Crippen molar-refractivity contribution in [3.8, 4) is 16.3 Å². The van der Waals surface area contributed by atoms with Gasteiger partial charge in [-0.1, -0.05) is 66.7 Å². The Morgan fingerprint density at radius 2 is 1.14 bits per heavy atom. The Balaban J connectivity index is 1.17. The molecule has 10 rings (SSSR count). The van der Waals surface area contributed by atoms with Gasteiger partial charge in [0.05, 0.1) is 21.3 Å². The zero-order valence-electron chi connectivity index (χ0n) is 22.9. The van der Waals surface area contributed by atoms with Gasteiger partial charge in [-0.05, 0) is 88.3 Å². The Kier molecular flexibility index (Phi) is 4.60. The van der Waals surface area contributed by atoms with E-state index >= 15 is 0 Å². The molecule has 0 bridgehead atoms. The van der Waals surface area contributed by atoms with E-state index in [1.807, 2.05) is 18.2 Å². The highest BCUT2D eigenvalue weighted by Crippen LogP contribution is 2.41. The van der Waals surface area contributed by atoms with Crippen LogP contribution in [0.1, 0.15) is 0 Å². The summed E-state index contributed by atoms with van der Waals surface area (Å²) < 4.78 is 9.71. The SMILES string of the molecule is c1ccc2cc3c(cc2c1)c1cc2ccccc2cc1n3-c1ccc(-c2nc3ccc4oc5ccccc5c4c3s2)cc1. The van der Waals surface area contributed by atoms with Gasteiger partial charge in [-0.2, -0.15) is 0 Å². The van der Waals surface area contributed by atoms with E-state index in [0.29, 0.717) is 0 Å². The van der Waals surface area contributed by atoms with Gasteiger partial charge in [0, 0.05) is 32.8 Å². The molecule has 0 aliphatic heterocycles. The highest BCUT2D eigenvalue weighted by atomic mass is 32.1. The monoisotopic (exact) mass is 566 g/mol. The smallest absolute Gasteiger partial charge is 0.137 e. The summed E-state index contributed by atoms with van der Waals surface area (Å²) in [5, 5.41) is 10.8. The fraction of sp³-hybridized carbons (Fsp3) is 0. The molecule has 43 heavy (non-hydrogen) atoms. The fourth-order valence-electron chi connectivity index (χ4n) is 6.74. The first-order valence-electron chi connectivity index (χ1n) is 14.5. The largest absolute Gasteiger partial charge is 0.456 e. The van der Waals surface area contributed by atoms with Crippen LogP contribution < -0.4 is 0 Å². The molecule has 0 radical (unpaired) electrons. The zero-order chi connectivity index (χ0) is 28.1. The molecule has 3 aromatic heterocycles. The summed E-state index contributed by atoms with van der Waals surface area (Å²) in [4.78, 5) is 5.05. The topological polar surface area (TPSA) is 31.0 Å². The van der Waals surface area contributed by atoms with Crippen LogP contribution in [-0.4, -0.2) is 9.55 Å². The molecule has 10 aromatic rings. The van der Waals surface area contributed by atoms with E-state index in [-0.39, 0.29) is 0 Å². The number of fused-ring (bicyclic) bond motifs is 10. The third-order valence-electron chi connectivity index (χ3n) is 8.77. The predicted molar refractivity (Wildman–Crippen MR) is 182 cm³/mol. The molecule has 0 N–H and O–H groups in total. The first-order chi connectivity index (χ1) is 21.3. The standard InChI is InChI=1S/C39H22N2OS/c1-3-9-26-21-33-30(19-24(26)7-1)31-20-25-8-2-4-10-27(25)22-34(31)41(33)28-15-13-23(14-16-28)39-40-32-17-18-36-37(38(32)43-39)29-11-5-6-12-35(29)42-36/h1-22H. The zero-order valence-corrected chi connectivity index (χ0v) is 23.7. The van der Waals surface area contributed by atoms with Crippen molar-refractivity contribution in [2.24, 2.45) is 0 Å². The lowest BCUT2D eigenvalue weighted by Gasteiger charge is -2.10. The van der Waals surface area contributed by atoms with Crippen LogP contribution >= 0.6 is 11.3 Å². The first-order valence-corrected chi connectivity index (χ1v) is 15.3. The van der Waals surface area contributed by atoms with Crippen LogP contribution in [0, 0.1) is 0 Å². The summed E-state index contributed by atoms with van der Waals surface area (Å²) in [6.07, 6.45) is 0. The van der Waals surface area contributed by atoms with Crippen LogP contribution in [0.4, 0.5) is 0 Å². The van der Waals surface area contributed by atoms with Crippen LogP contribution in [0.25, 0.3) is 91.8 Å². The highest BCUT2D eigenvalue weighted by Gasteiger charge is 2.17. The average molecular weight is 567 g/mol. The number of furan rings is 1. The number of thiazole rings is 1. The Labute approximate surface area is 249 Å². The maximum Gasteiger partial charge on any atom is 0.137 e. The van der Waals surface area contributed by atoms with Crippen LogP contribution in [-0.2, 0) is 0 Å². The van der Waals surface area contributed by atoms with Gasteiger partial charge in [0.25, 0.3) is 0 Å². The average Bonchev–Trinajstić information content (AvgIpc) is 3.74. The summed E-state index contributed by atoms with van der Waals surface area (Å²) in [6.45, 7) is 0. The molecular weight excluding hydrogens is 545 g/mol. The van der Waals surface area contributed by atoms with E-state index in [1.54, 1.807) is 11.3 Å². The van der Waals surface area contributed by atoms with Gasteiger partial charge in [0.2, 0.25) is 0 Å². The third-order valence-corrected chi connectivity index (χ3v) is 9.91. The van der Waals surface area contributed by atoms with Crippen molar-refractivity contribution in [2.75, 3.05) is 0 Å². The summed E-state index contributed by atoms with van der Waals surface area (Å²) in [5.41, 5.74) is 7.50. The molecule has 200 valence electrons. The number of hydrogen-bond acceptors (Lipinski definition) is 3. The Morgan fingerprint density at radius 1 is 0.535 bits per heavy atom. The molecule has 0 fully saturated rings. The van der Waals surface area contributed by atoms with E-state index in [9.17, 15) is 0 Å². The summed E-state index contributed by atoms with van der Waals surface area (Å²) in [6, 6.07) is 47.8. The predicted octanol–water partition coefficient (Wildman–Crippen LogP) is 11.3. The van der Waals surface area contributed by atoms with Crippen LogP contribution in [0.2, 0.25) is 0 Å². The second-order valence-electron chi connectivity index (χ2n) is 11.2. The number of hydrogen-bond donors (Lipinski definition) is 0. The third kappa shape index (κ3) is 3.33. The van der Waals surface area contributed by atoms with Crippen molar-refractivity contribution in [3.63, 3.8) is 0 Å². The maximum atomic E-state index is 6.13. The normalized spacial score (nSPS) is 12.2. The second kappa shape index (κ2) is 8.54. The molecular formula is C39H22N2OS. The van der Waals surface area contributed by atoms with Gasteiger partial charge in [-0.3, -0.25) is 0 Å². The molecule has 4 heteroatoms. The molecule has 0 spiro atoms. The second-order valence-corrected chi connectivity index (χ2v) is 12.2. The first kappa shape index (κ1) is 23.1. The number of benzene rings is 7. The van der Waals surface area contributed by atoms with Crippen molar-refractivity contribution in [1.82, 2.24) is 9.55 Å². The molecule has 0 unspecified atom stereocenters. The van der Waals surface area contributed by atoms with E-state index < -0.39 is 0 Å². The van der Waals surface area contributed by atoms with Gasteiger partial charge in [0.1, 0.15) is 16.2 Å². The minimum atomic E-state index is 0.908. The molecule has 0 atom stereocenters. The molecule has 3 nitrogen and oxygen atoms in total. The lowest BCUT2D eigenvalue weighted by molar-refractivity contribution is 0.669. The molecule has 0 aliphatic carbocycles. The molecule has 3 heterocycles. The lowest BCUT2D eigenvalue weighted by Crippen LogP contribution is -1.94. The van der Waals surface area contributed by atoms with Gasteiger partial charge < -0.3 is 8.98 Å². The summed E-state index contributed by atoms with van der Waals surface area (Å²) >= 11 is 1.73. The van der Waals surface area contributed by atoms with Crippen LogP contribution in [0.5, 0.6) is 0 Å². The number of nitrogens with zero attached hydrogens (tertiary/aromatic N) is 2. The van der Waals surface area contributed by atoms with Gasteiger partial charge in [-0.25, -0.2) is 4.98 Å². The van der Waals surface area contributed by atoms with Gasteiger partial charge >= 0.3 is 0 Å². The molecule has 0 saturated carbocycles.